The summed E-state index contributed by atoms with van der Waals surface area (Å²) in [6.45, 7) is 2.83. The highest BCUT2D eigenvalue weighted by Gasteiger charge is 2.26. The Morgan fingerprint density at radius 3 is 2.94 bits per heavy atom. The summed E-state index contributed by atoms with van der Waals surface area (Å²) in [5.41, 5.74) is 6.00. The van der Waals surface area contributed by atoms with Gasteiger partial charge in [-0.05, 0) is 18.3 Å². The number of rotatable bonds is 5. The van der Waals surface area contributed by atoms with Crippen molar-refractivity contribution in [1.82, 2.24) is 14.9 Å². The molecule has 1 fully saturated rings. The maximum atomic E-state index is 12.1. The first-order valence-corrected chi connectivity index (χ1v) is 7.75. The topological polar surface area (TPSA) is 101 Å². The molecule has 0 bridgehead atoms. The zero-order chi connectivity index (χ0) is 13.2. The highest BCUT2D eigenvalue weighted by molar-refractivity contribution is 7.89. The molecule has 6 nitrogen and oxygen atoms in total. The van der Waals surface area contributed by atoms with Crippen LogP contribution in [0.1, 0.15) is 31.7 Å². The molecule has 1 heterocycles. The molecule has 0 spiro atoms. The predicted molar refractivity (Wildman–Crippen MR) is 68.2 cm³/mol. The lowest BCUT2D eigenvalue weighted by molar-refractivity contribution is 0.414. The molecule has 102 valence electrons. The number of nitrogens with zero attached hydrogens (tertiary/aromatic N) is 1. The fourth-order valence-electron chi connectivity index (χ4n) is 2.49. The molecule has 4 N–H and O–H groups in total. The minimum Gasteiger partial charge on any atom is -0.326 e. The largest absolute Gasteiger partial charge is 0.326 e. The summed E-state index contributed by atoms with van der Waals surface area (Å²) in [4.78, 5) is 0. The zero-order valence-electron chi connectivity index (χ0n) is 10.5. The van der Waals surface area contributed by atoms with Crippen LogP contribution in [0.5, 0.6) is 0 Å². The normalized spacial score (nSPS) is 24.6. The van der Waals surface area contributed by atoms with Crippen LogP contribution in [0.3, 0.4) is 0 Å². The molecular weight excluding hydrogens is 252 g/mol. The highest BCUT2D eigenvalue weighted by Crippen LogP contribution is 2.30. The van der Waals surface area contributed by atoms with Crippen LogP contribution >= 0.6 is 0 Å². The molecule has 0 radical (unpaired) electrons. The number of H-pyrrole nitrogens is 1. The van der Waals surface area contributed by atoms with Gasteiger partial charge in [-0.2, -0.15) is 5.10 Å². The Balaban J connectivity index is 2.03. The van der Waals surface area contributed by atoms with Crippen LogP contribution in [-0.2, 0) is 16.6 Å². The SMILES string of the molecule is CC1CCCC1CNS(=O)(=O)c1[nH]ncc1CN. The van der Waals surface area contributed by atoms with Crippen molar-refractivity contribution in [3.8, 4) is 0 Å². The standard InChI is InChI=1S/C11H20N4O2S/c1-8-3-2-4-9(8)7-14-18(16,17)11-10(5-12)6-13-15-11/h6,8-9,14H,2-5,7,12H2,1H3,(H,13,15). The van der Waals surface area contributed by atoms with E-state index in [0.29, 0.717) is 23.9 Å². The van der Waals surface area contributed by atoms with Gasteiger partial charge in [0.2, 0.25) is 0 Å². The number of aromatic amines is 1. The first-order chi connectivity index (χ1) is 8.54. The maximum Gasteiger partial charge on any atom is 0.257 e. The second-order valence-corrected chi connectivity index (χ2v) is 6.65. The van der Waals surface area contributed by atoms with Crippen LogP contribution in [0.2, 0.25) is 0 Å². The van der Waals surface area contributed by atoms with Crippen LogP contribution in [-0.4, -0.2) is 25.2 Å². The summed E-state index contributed by atoms with van der Waals surface area (Å²) in [7, 11) is -3.52. The molecule has 1 aliphatic rings. The number of sulfonamides is 1. The Hall–Kier alpha value is -0.920. The summed E-state index contributed by atoms with van der Waals surface area (Å²) in [6.07, 6.45) is 4.92. The lowest BCUT2D eigenvalue weighted by Crippen LogP contribution is -2.31. The third-order valence-electron chi connectivity index (χ3n) is 3.74. The van der Waals surface area contributed by atoms with Gasteiger partial charge in [0, 0.05) is 18.7 Å². The molecule has 0 aromatic carbocycles. The summed E-state index contributed by atoms with van der Waals surface area (Å²) in [5.74, 6) is 1.02. The van der Waals surface area contributed by atoms with Crippen LogP contribution in [0, 0.1) is 11.8 Å². The fraction of sp³-hybridized carbons (Fsp3) is 0.727. The molecule has 1 saturated carbocycles. The Morgan fingerprint density at radius 1 is 1.56 bits per heavy atom. The second kappa shape index (κ2) is 5.38. The Morgan fingerprint density at radius 2 is 2.33 bits per heavy atom. The van der Waals surface area contributed by atoms with Crippen molar-refractivity contribution in [3.63, 3.8) is 0 Å². The van der Waals surface area contributed by atoms with Crippen molar-refractivity contribution >= 4 is 10.0 Å². The molecule has 0 amide bonds. The first kappa shape index (κ1) is 13.5. The van der Waals surface area contributed by atoms with E-state index in [2.05, 4.69) is 21.8 Å². The molecular formula is C11H20N4O2S. The van der Waals surface area contributed by atoms with Gasteiger partial charge in [-0.1, -0.05) is 19.8 Å². The van der Waals surface area contributed by atoms with E-state index in [0.717, 1.165) is 6.42 Å². The van der Waals surface area contributed by atoms with E-state index in [1.165, 1.54) is 19.0 Å². The molecule has 0 aliphatic heterocycles. The molecule has 1 aromatic rings. The van der Waals surface area contributed by atoms with E-state index in [1.807, 2.05) is 0 Å². The average molecular weight is 272 g/mol. The van der Waals surface area contributed by atoms with Crippen LogP contribution in [0.25, 0.3) is 0 Å². The van der Waals surface area contributed by atoms with Gasteiger partial charge in [-0.15, -0.1) is 0 Å². The van der Waals surface area contributed by atoms with Crippen LogP contribution in [0.15, 0.2) is 11.2 Å². The summed E-state index contributed by atoms with van der Waals surface area (Å²) in [6, 6.07) is 0. The van der Waals surface area contributed by atoms with Crippen molar-refractivity contribution < 1.29 is 8.42 Å². The summed E-state index contributed by atoms with van der Waals surface area (Å²) < 4.78 is 26.9. The Kier molecular flexibility index (Phi) is 4.04. The average Bonchev–Trinajstić information content (AvgIpc) is 2.95. The quantitative estimate of drug-likeness (QED) is 0.730. The van der Waals surface area contributed by atoms with Crippen molar-refractivity contribution in [2.75, 3.05) is 6.54 Å². The number of aromatic nitrogens is 2. The van der Waals surface area contributed by atoms with E-state index in [-0.39, 0.29) is 11.6 Å². The molecule has 2 atom stereocenters. The van der Waals surface area contributed by atoms with Gasteiger partial charge in [-0.25, -0.2) is 13.1 Å². The smallest absolute Gasteiger partial charge is 0.257 e. The highest BCUT2D eigenvalue weighted by atomic mass is 32.2. The van der Waals surface area contributed by atoms with Crippen molar-refractivity contribution in [2.45, 2.75) is 37.8 Å². The molecule has 2 rings (SSSR count). The minimum atomic E-state index is -3.52. The van der Waals surface area contributed by atoms with Gasteiger partial charge < -0.3 is 5.73 Å². The first-order valence-electron chi connectivity index (χ1n) is 6.26. The van der Waals surface area contributed by atoms with E-state index >= 15 is 0 Å². The summed E-state index contributed by atoms with van der Waals surface area (Å²) in [5, 5.41) is 6.33. The number of hydrogen-bond donors (Lipinski definition) is 3. The Bertz CT molecular complexity index is 497. The van der Waals surface area contributed by atoms with Gasteiger partial charge in [0.05, 0.1) is 6.20 Å². The molecule has 0 saturated heterocycles. The van der Waals surface area contributed by atoms with Crippen LogP contribution in [0.4, 0.5) is 0 Å². The van der Waals surface area contributed by atoms with E-state index in [4.69, 9.17) is 5.73 Å². The molecule has 1 aromatic heterocycles. The molecule has 7 heteroatoms. The fourth-order valence-corrected chi connectivity index (χ4v) is 3.72. The second-order valence-electron chi connectivity index (χ2n) is 4.95. The molecule has 2 unspecified atom stereocenters. The zero-order valence-corrected chi connectivity index (χ0v) is 11.3. The monoisotopic (exact) mass is 272 g/mol. The van der Waals surface area contributed by atoms with Gasteiger partial charge in [0.1, 0.15) is 0 Å². The van der Waals surface area contributed by atoms with Gasteiger partial charge in [0.25, 0.3) is 10.0 Å². The third kappa shape index (κ3) is 2.73. The van der Waals surface area contributed by atoms with Gasteiger partial charge in [0.15, 0.2) is 5.03 Å². The Labute approximate surface area is 107 Å². The minimum absolute atomic E-state index is 0.0932. The predicted octanol–water partition coefficient (Wildman–Crippen LogP) is 0.583. The van der Waals surface area contributed by atoms with Crippen LogP contribution < -0.4 is 10.5 Å². The number of nitrogens with two attached hydrogens (primary N) is 1. The molecule has 18 heavy (non-hydrogen) atoms. The maximum absolute atomic E-state index is 12.1. The van der Waals surface area contributed by atoms with Gasteiger partial charge >= 0.3 is 0 Å². The van der Waals surface area contributed by atoms with Crippen molar-refractivity contribution in [3.05, 3.63) is 11.8 Å². The lowest BCUT2D eigenvalue weighted by Gasteiger charge is -2.15. The molecule has 1 aliphatic carbocycles. The third-order valence-corrected chi connectivity index (χ3v) is 5.18. The van der Waals surface area contributed by atoms with E-state index in [9.17, 15) is 8.42 Å². The summed E-state index contributed by atoms with van der Waals surface area (Å²) >= 11 is 0. The van der Waals surface area contributed by atoms with Crippen molar-refractivity contribution in [1.29, 1.82) is 0 Å². The van der Waals surface area contributed by atoms with E-state index in [1.54, 1.807) is 0 Å². The number of nitrogens with one attached hydrogen (secondary N) is 2. The lowest BCUT2D eigenvalue weighted by atomic mass is 9.99. The van der Waals surface area contributed by atoms with E-state index < -0.39 is 10.0 Å². The van der Waals surface area contributed by atoms with Gasteiger partial charge in [-0.3, -0.25) is 5.10 Å². The number of hydrogen-bond acceptors (Lipinski definition) is 4. The van der Waals surface area contributed by atoms with Crippen molar-refractivity contribution in [2.24, 2.45) is 17.6 Å².